The zero-order valence-electron chi connectivity index (χ0n) is 7.74. The van der Waals surface area contributed by atoms with E-state index in [1.165, 1.54) is 0 Å². The van der Waals surface area contributed by atoms with Crippen molar-refractivity contribution in [2.45, 2.75) is 6.43 Å². The van der Waals surface area contributed by atoms with Gasteiger partial charge < -0.3 is 9.30 Å². The first kappa shape index (κ1) is 10.8. The van der Waals surface area contributed by atoms with E-state index in [1.54, 1.807) is 30.1 Å². The van der Waals surface area contributed by atoms with Crippen LogP contribution in [0.2, 0.25) is 0 Å². The molecule has 1 rings (SSSR count). The first-order chi connectivity index (χ1) is 6.59. The summed E-state index contributed by atoms with van der Waals surface area (Å²) in [7, 11) is 1.77. The van der Waals surface area contributed by atoms with Gasteiger partial charge in [0.15, 0.2) is 5.78 Å². The molecule has 5 heteroatoms. The molecule has 0 radical (unpaired) electrons. The Morgan fingerprint density at radius 3 is 2.86 bits per heavy atom. The highest BCUT2D eigenvalue weighted by Gasteiger charge is 2.09. The topological polar surface area (TPSA) is 31.2 Å². The molecule has 0 bridgehead atoms. The van der Waals surface area contributed by atoms with Crippen molar-refractivity contribution >= 4 is 5.78 Å². The number of nitrogens with zero attached hydrogens (tertiary/aromatic N) is 1. The third-order valence-electron chi connectivity index (χ3n) is 1.63. The van der Waals surface area contributed by atoms with E-state index in [0.717, 1.165) is 0 Å². The van der Waals surface area contributed by atoms with E-state index in [1.807, 2.05) is 0 Å². The standard InChI is InChI=1S/C9H11F2NO2/c1-12-3-2-7(4-12)8(13)5-14-6-9(10)11/h2-4,9H,5-6H2,1H3. The second-order valence-electron chi connectivity index (χ2n) is 2.90. The van der Waals surface area contributed by atoms with Crippen LogP contribution in [0, 0.1) is 0 Å². The Labute approximate surface area is 80.3 Å². The van der Waals surface area contributed by atoms with Gasteiger partial charge in [0, 0.05) is 25.0 Å². The minimum absolute atomic E-state index is 0.286. The van der Waals surface area contributed by atoms with Gasteiger partial charge in [-0.3, -0.25) is 4.79 Å². The van der Waals surface area contributed by atoms with Gasteiger partial charge in [0.2, 0.25) is 0 Å². The second-order valence-corrected chi connectivity index (χ2v) is 2.90. The SMILES string of the molecule is Cn1ccc(C(=O)COCC(F)F)c1. The van der Waals surface area contributed by atoms with Crippen LogP contribution < -0.4 is 0 Å². The molecule has 1 heterocycles. The van der Waals surface area contributed by atoms with Crippen LogP contribution in [-0.4, -0.2) is 30.0 Å². The fourth-order valence-corrected chi connectivity index (χ4v) is 0.992. The lowest BCUT2D eigenvalue weighted by Gasteiger charge is -2.00. The van der Waals surface area contributed by atoms with E-state index in [2.05, 4.69) is 4.74 Å². The third kappa shape index (κ3) is 3.26. The van der Waals surface area contributed by atoms with Gasteiger partial charge in [0.05, 0.1) is 0 Å². The molecule has 1 aromatic rings. The summed E-state index contributed by atoms with van der Waals surface area (Å²) >= 11 is 0. The molecular formula is C9H11F2NO2. The lowest BCUT2D eigenvalue weighted by molar-refractivity contribution is 0.0196. The first-order valence-corrected chi connectivity index (χ1v) is 4.10. The number of ether oxygens (including phenoxy) is 1. The van der Waals surface area contributed by atoms with Gasteiger partial charge in [0.25, 0.3) is 6.43 Å². The molecule has 14 heavy (non-hydrogen) atoms. The van der Waals surface area contributed by atoms with Gasteiger partial charge >= 0.3 is 0 Å². The van der Waals surface area contributed by atoms with Crippen LogP contribution in [-0.2, 0) is 11.8 Å². The molecule has 0 aromatic carbocycles. The van der Waals surface area contributed by atoms with Crippen LogP contribution in [0.3, 0.4) is 0 Å². The molecule has 1 aromatic heterocycles. The predicted octanol–water partition coefficient (Wildman–Crippen LogP) is 1.49. The molecule has 0 unspecified atom stereocenters. The van der Waals surface area contributed by atoms with E-state index in [4.69, 9.17) is 0 Å². The monoisotopic (exact) mass is 203 g/mol. The Kier molecular flexibility index (Phi) is 3.76. The summed E-state index contributed by atoms with van der Waals surface area (Å²) in [6.45, 7) is -0.993. The molecule has 0 fully saturated rings. The van der Waals surface area contributed by atoms with Crippen LogP contribution in [0.1, 0.15) is 10.4 Å². The quantitative estimate of drug-likeness (QED) is 0.679. The number of ketones is 1. The van der Waals surface area contributed by atoms with Crippen molar-refractivity contribution in [1.82, 2.24) is 4.57 Å². The number of halogens is 2. The van der Waals surface area contributed by atoms with Gasteiger partial charge in [-0.1, -0.05) is 0 Å². The summed E-state index contributed by atoms with van der Waals surface area (Å²) in [5, 5.41) is 0. The van der Waals surface area contributed by atoms with Crippen molar-refractivity contribution in [3.8, 4) is 0 Å². The minimum Gasteiger partial charge on any atom is -0.367 e. The summed E-state index contributed by atoms with van der Waals surface area (Å²) in [5.74, 6) is -0.286. The normalized spacial score (nSPS) is 10.9. The number of hydrogen-bond donors (Lipinski definition) is 0. The number of carbonyl (C=O) groups excluding carboxylic acids is 1. The highest BCUT2D eigenvalue weighted by molar-refractivity contribution is 5.96. The van der Waals surface area contributed by atoms with Crippen molar-refractivity contribution < 1.29 is 18.3 Å². The largest absolute Gasteiger partial charge is 0.367 e. The average molecular weight is 203 g/mol. The number of Topliss-reactive ketones (excluding diaryl/α,β-unsaturated/α-hetero) is 1. The molecular weight excluding hydrogens is 192 g/mol. The van der Waals surface area contributed by atoms with Gasteiger partial charge in [-0.2, -0.15) is 0 Å². The van der Waals surface area contributed by atoms with Crippen LogP contribution in [0.15, 0.2) is 18.5 Å². The molecule has 0 aliphatic heterocycles. The Bertz CT molecular complexity index is 310. The Morgan fingerprint density at radius 1 is 1.64 bits per heavy atom. The zero-order chi connectivity index (χ0) is 10.6. The minimum atomic E-state index is -2.53. The molecule has 0 spiro atoms. The number of hydrogen-bond acceptors (Lipinski definition) is 2. The summed E-state index contributed by atoms with van der Waals surface area (Å²) in [4.78, 5) is 11.3. The number of carbonyl (C=O) groups is 1. The molecule has 0 atom stereocenters. The Morgan fingerprint density at radius 2 is 2.36 bits per heavy atom. The lowest BCUT2D eigenvalue weighted by Crippen LogP contribution is -2.12. The summed E-state index contributed by atoms with van der Waals surface area (Å²) in [6.07, 6.45) is 0.799. The highest BCUT2D eigenvalue weighted by atomic mass is 19.3. The smallest absolute Gasteiger partial charge is 0.261 e. The van der Waals surface area contributed by atoms with Crippen molar-refractivity contribution in [2.75, 3.05) is 13.2 Å². The molecule has 3 nitrogen and oxygen atoms in total. The highest BCUT2D eigenvalue weighted by Crippen LogP contribution is 2.02. The second kappa shape index (κ2) is 4.85. The van der Waals surface area contributed by atoms with Crippen molar-refractivity contribution in [3.05, 3.63) is 24.0 Å². The maximum atomic E-state index is 11.7. The fraction of sp³-hybridized carbons (Fsp3) is 0.444. The summed E-state index contributed by atoms with van der Waals surface area (Å²) < 4.78 is 29.5. The fourth-order valence-electron chi connectivity index (χ4n) is 0.992. The summed E-state index contributed by atoms with van der Waals surface area (Å²) in [6, 6.07) is 1.62. The lowest BCUT2D eigenvalue weighted by atomic mass is 10.2. The van der Waals surface area contributed by atoms with E-state index in [9.17, 15) is 13.6 Å². The average Bonchev–Trinajstić information content (AvgIpc) is 2.51. The van der Waals surface area contributed by atoms with Gasteiger partial charge in [-0.25, -0.2) is 8.78 Å². The number of alkyl halides is 2. The van der Waals surface area contributed by atoms with E-state index < -0.39 is 13.0 Å². The van der Waals surface area contributed by atoms with E-state index >= 15 is 0 Å². The van der Waals surface area contributed by atoms with Crippen molar-refractivity contribution in [1.29, 1.82) is 0 Å². The molecule has 0 amide bonds. The summed E-state index contributed by atoms with van der Waals surface area (Å²) in [5.41, 5.74) is 0.474. The predicted molar refractivity (Wildman–Crippen MR) is 46.6 cm³/mol. The third-order valence-corrected chi connectivity index (χ3v) is 1.63. The van der Waals surface area contributed by atoms with E-state index in [0.29, 0.717) is 5.56 Å². The van der Waals surface area contributed by atoms with Crippen LogP contribution in [0.4, 0.5) is 8.78 Å². The van der Waals surface area contributed by atoms with Crippen molar-refractivity contribution in [2.24, 2.45) is 7.05 Å². The van der Waals surface area contributed by atoms with Gasteiger partial charge in [0.1, 0.15) is 13.2 Å². The van der Waals surface area contributed by atoms with Gasteiger partial charge in [-0.15, -0.1) is 0 Å². The maximum absolute atomic E-state index is 11.7. The molecule has 0 saturated carbocycles. The number of rotatable bonds is 5. The van der Waals surface area contributed by atoms with Crippen LogP contribution >= 0.6 is 0 Å². The Hall–Kier alpha value is -1.23. The molecule has 0 N–H and O–H groups in total. The van der Waals surface area contributed by atoms with Gasteiger partial charge in [-0.05, 0) is 6.07 Å². The van der Waals surface area contributed by atoms with Crippen LogP contribution in [0.25, 0.3) is 0 Å². The van der Waals surface area contributed by atoms with Crippen molar-refractivity contribution in [3.63, 3.8) is 0 Å². The Balaban J connectivity index is 2.36. The maximum Gasteiger partial charge on any atom is 0.261 e. The molecule has 0 saturated heterocycles. The molecule has 78 valence electrons. The van der Waals surface area contributed by atoms with Crippen LogP contribution in [0.5, 0.6) is 0 Å². The first-order valence-electron chi connectivity index (χ1n) is 4.10. The number of aromatic nitrogens is 1. The molecule has 0 aliphatic rings. The van der Waals surface area contributed by atoms with E-state index in [-0.39, 0.29) is 12.4 Å². The zero-order valence-corrected chi connectivity index (χ0v) is 7.74. The molecule has 0 aliphatic carbocycles. The number of aryl methyl sites for hydroxylation is 1.